The van der Waals surface area contributed by atoms with Gasteiger partial charge in [0.2, 0.25) is 0 Å². The maximum Gasteiger partial charge on any atom is 0.335 e. The smallest absolute Gasteiger partial charge is 0.335 e. The van der Waals surface area contributed by atoms with Crippen LogP contribution in [0.15, 0.2) is 73.2 Å². The molecule has 4 aromatic rings. The number of aromatic carboxylic acids is 1. The Morgan fingerprint density at radius 3 is 2.65 bits per heavy atom. The molecule has 0 radical (unpaired) electrons. The van der Waals surface area contributed by atoms with Gasteiger partial charge < -0.3 is 15.3 Å². The van der Waals surface area contributed by atoms with Crippen molar-refractivity contribution in [2.24, 2.45) is 0 Å². The number of carboxylic acid groups (broad SMARTS) is 1. The zero-order valence-corrected chi connectivity index (χ0v) is 19.1. The third-order valence-corrected chi connectivity index (χ3v) is 6.17. The molecule has 1 aromatic heterocycles. The molecule has 1 unspecified atom stereocenters. The van der Waals surface area contributed by atoms with E-state index in [1.54, 1.807) is 47.5 Å². The van der Waals surface area contributed by atoms with Crippen molar-refractivity contribution in [3.63, 3.8) is 0 Å². The van der Waals surface area contributed by atoms with Gasteiger partial charge in [-0.1, -0.05) is 29.3 Å². The lowest BCUT2D eigenvalue weighted by molar-refractivity contribution is 0.0697. The molecule has 6 nitrogen and oxygen atoms in total. The van der Waals surface area contributed by atoms with E-state index >= 15 is 4.39 Å². The molecule has 34 heavy (non-hydrogen) atoms. The second-order valence-electron chi connectivity index (χ2n) is 7.75. The van der Waals surface area contributed by atoms with Gasteiger partial charge in [-0.25, -0.2) is 19.2 Å². The Morgan fingerprint density at radius 2 is 1.91 bits per heavy atom. The lowest BCUT2D eigenvalue weighted by atomic mass is 10.0. The lowest BCUT2D eigenvalue weighted by Crippen LogP contribution is -2.39. The van der Waals surface area contributed by atoms with Crippen molar-refractivity contribution >= 4 is 46.2 Å². The second kappa shape index (κ2) is 8.93. The van der Waals surface area contributed by atoms with E-state index < -0.39 is 18.0 Å². The van der Waals surface area contributed by atoms with Gasteiger partial charge in [0.25, 0.3) is 0 Å². The quantitative estimate of drug-likeness (QED) is 0.340. The summed E-state index contributed by atoms with van der Waals surface area (Å²) in [6.45, 7) is 0. The van der Waals surface area contributed by atoms with Gasteiger partial charge in [-0.3, -0.25) is 0 Å². The van der Waals surface area contributed by atoms with Crippen LogP contribution >= 0.6 is 23.2 Å². The fourth-order valence-electron chi connectivity index (χ4n) is 4.13. The molecule has 0 bridgehead atoms. The van der Waals surface area contributed by atoms with Gasteiger partial charge in [0.05, 0.1) is 27.7 Å². The average Bonchev–Trinajstić information content (AvgIpc) is 2.94. The van der Waals surface area contributed by atoms with E-state index in [1.165, 1.54) is 24.5 Å². The molecule has 170 valence electrons. The zero-order chi connectivity index (χ0) is 23.8. The van der Waals surface area contributed by atoms with Crippen LogP contribution in [0.4, 0.5) is 21.5 Å². The summed E-state index contributed by atoms with van der Waals surface area (Å²) in [6.07, 6.45) is 3.06. The first-order valence-corrected chi connectivity index (χ1v) is 11.1. The van der Waals surface area contributed by atoms with Crippen molar-refractivity contribution in [1.29, 1.82) is 0 Å². The van der Waals surface area contributed by atoms with Crippen LogP contribution in [0, 0.1) is 5.82 Å². The largest absolute Gasteiger partial charge is 0.478 e. The third-order valence-electron chi connectivity index (χ3n) is 5.63. The molecule has 0 aliphatic carbocycles. The molecule has 2 N–H and O–H groups in total. The SMILES string of the molecule is O=C(O)c1ccc(NC2Cc3cncnc3-c3ccc(Cl)cc3N2c2c(F)cccc2Cl)cc1. The summed E-state index contributed by atoms with van der Waals surface area (Å²) in [5.41, 5.74) is 3.94. The Morgan fingerprint density at radius 1 is 1.12 bits per heavy atom. The molecule has 1 atom stereocenters. The Hall–Kier alpha value is -3.68. The highest BCUT2D eigenvalue weighted by Gasteiger charge is 2.32. The summed E-state index contributed by atoms with van der Waals surface area (Å²) in [4.78, 5) is 21.7. The Bertz CT molecular complexity index is 1380. The number of carbonyl (C=O) groups is 1. The number of aromatic nitrogens is 2. The molecular formula is C25H17Cl2FN4O2. The fourth-order valence-corrected chi connectivity index (χ4v) is 4.56. The maximum absolute atomic E-state index is 15.3. The van der Waals surface area contributed by atoms with Gasteiger partial charge in [-0.2, -0.15) is 0 Å². The number of nitrogens with zero attached hydrogens (tertiary/aromatic N) is 3. The van der Waals surface area contributed by atoms with E-state index in [9.17, 15) is 9.90 Å². The van der Waals surface area contributed by atoms with Crippen LogP contribution in [0.5, 0.6) is 0 Å². The summed E-state index contributed by atoms with van der Waals surface area (Å²) in [6, 6.07) is 16.2. The molecule has 1 aliphatic rings. The van der Waals surface area contributed by atoms with E-state index in [1.807, 2.05) is 6.07 Å². The number of carboxylic acids is 1. The van der Waals surface area contributed by atoms with E-state index in [2.05, 4.69) is 15.3 Å². The van der Waals surface area contributed by atoms with Gasteiger partial charge >= 0.3 is 5.97 Å². The van der Waals surface area contributed by atoms with Crippen LogP contribution in [0.1, 0.15) is 15.9 Å². The first-order chi connectivity index (χ1) is 16.4. The van der Waals surface area contributed by atoms with Crippen LogP contribution in [0.25, 0.3) is 11.3 Å². The van der Waals surface area contributed by atoms with Crippen molar-refractivity contribution in [2.45, 2.75) is 12.6 Å². The average molecular weight is 495 g/mol. The predicted octanol–water partition coefficient (Wildman–Crippen LogP) is 6.42. The molecule has 1 aliphatic heterocycles. The topological polar surface area (TPSA) is 78.3 Å². The summed E-state index contributed by atoms with van der Waals surface area (Å²) >= 11 is 12.9. The fraction of sp³-hybridized carbons (Fsp3) is 0.0800. The number of nitrogens with one attached hydrogen (secondary N) is 1. The number of rotatable bonds is 4. The second-order valence-corrected chi connectivity index (χ2v) is 8.59. The van der Waals surface area contributed by atoms with Gasteiger partial charge in [0.15, 0.2) is 0 Å². The number of hydrogen-bond acceptors (Lipinski definition) is 5. The molecule has 0 saturated heterocycles. The zero-order valence-electron chi connectivity index (χ0n) is 17.5. The van der Waals surface area contributed by atoms with Crippen molar-refractivity contribution in [3.05, 3.63) is 100 Å². The predicted molar refractivity (Wildman–Crippen MR) is 131 cm³/mol. The maximum atomic E-state index is 15.3. The number of anilines is 3. The van der Waals surface area contributed by atoms with Crippen LogP contribution in [0.2, 0.25) is 10.0 Å². The highest BCUT2D eigenvalue weighted by Crippen LogP contribution is 2.45. The summed E-state index contributed by atoms with van der Waals surface area (Å²) in [5, 5.41) is 13.3. The van der Waals surface area contributed by atoms with Crippen molar-refractivity contribution in [2.75, 3.05) is 10.2 Å². The standard InChI is InChI=1S/C25H17Cl2FN4O2/c26-16-6-9-18-21(11-16)32(24-19(27)2-1-3-20(24)28)22(10-15-12-29-13-30-23(15)18)31-17-7-4-14(5-8-17)25(33)34/h1-9,11-13,22,31H,10H2,(H,33,34). The molecule has 0 fully saturated rings. The lowest BCUT2D eigenvalue weighted by Gasteiger charge is -2.35. The van der Waals surface area contributed by atoms with E-state index in [0.29, 0.717) is 28.5 Å². The molecule has 0 saturated carbocycles. The number of hydrogen-bond donors (Lipinski definition) is 2. The van der Waals surface area contributed by atoms with Crippen molar-refractivity contribution in [3.8, 4) is 11.3 Å². The molecule has 5 rings (SSSR count). The van der Waals surface area contributed by atoms with Crippen LogP contribution < -0.4 is 10.2 Å². The summed E-state index contributed by atoms with van der Waals surface area (Å²) < 4.78 is 15.3. The van der Waals surface area contributed by atoms with E-state index in [-0.39, 0.29) is 16.3 Å². The van der Waals surface area contributed by atoms with Gasteiger partial charge in [0.1, 0.15) is 18.3 Å². The Labute approximate surface area is 204 Å². The Balaban J connectivity index is 1.71. The van der Waals surface area contributed by atoms with Crippen LogP contribution in [-0.2, 0) is 6.42 Å². The van der Waals surface area contributed by atoms with E-state index in [0.717, 1.165) is 11.1 Å². The first kappa shape index (κ1) is 22.1. The minimum Gasteiger partial charge on any atom is -0.478 e. The van der Waals surface area contributed by atoms with Crippen LogP contribution in [0.3, 0.4) is 0 Å². The highest BCUT2D eigenvalue weighted by molar-refractivity contribution is 6.33. The molecule has 3 aromatic carbocycles. The summed E-state index contributed by atoms with van der Waals surface area (Å²) in [5.74, 6) is -1.51. The van der Waals surface area contributed by atoms with Gasteiger partial charge in [-0.05, 0) is 54.6 Å². The molecule has 0 spiro atoms. The van der Waals surface area contributed by atoms with Crippen LogP contribution in [-0.4, -0.2) is 27.2 Å². The van der Waals surface area contributed by atoms with Crippen molar-refractivity contribution in [1.82, 2.24) is 9.97 Å². The molecule has 0 amide bonds. The van der Waals surface area contributed by atoms with Gasteiger partial charge in [-0.15, -0.1) is 0 Å². The normalized spacial score (nSPS) is 14.7. The minimum absolute atomic E-state index is 0.163. The number of benzene rings is 3. The third kappa shape index (κ3) is 4.04. The summed E-state index contributed by atoms with van der Waals surface area (Å²) in [7, 11) is 0. The molecule has 2 heterocycles. The first-order valence-electron chi connectivity index (χ1n) is 10.3. The van der Waals surface area contributed by atoms with E-state index in [4.69, 9.17) is 23.2 Å². The molecular weight excluding hydrogens is 478 g/mol. The number of halogens is 3. The molecule has 9 heteroatoms. The van der Waals surface area contributed by atoms with Gasteiger partial charge in [0, 0.05) is 34.5 Å². The minimum atomic E-state index is -1.02. The Kier molecular flexibility index (Phi) is 5.81. The van der Waals surface area contributed by atoms with Crippen molar-refractivity contribution < 1.29 is 14.3 Å². The number of para-hydroxylation sites is 1. The monoisotopic (exact) mass is 494 g/mol. The highest BCUT2D eigenvalue weighted by atomic mass is 35.5. The number of fused-ring (bicyclic) bond motifs is 3.